The zero-order valence-corrected chi connectivity index (χ0v) is 11.5. The number of halogens is 2. The van der Waals surface area contributed by atoms with Crippen molar-refractivity contribution in [2.24, 2.45) is 0 Å². The third kappa shape index (κ3) is 2.12. The predicted octanol–water partition coefficient (Wildman–Crippen LogP) is 3.71. The lowest BCUT2D eigenvalue weighted by Gasteiger charge is -2.37. The molecule has 0 N–H and O–H groups in total. The van der Waals surface area contributed by atoms with Crippen LogP contribution in [0.5, 0.6) is 0 Å². The van der Waals surface area contributed by atoms with E-state index >= 15 is 0 Å². The number of alkyl halides is 1. The van der Waals surface area contributed by atoms with E-state index in [1.165, 1.54) is 0 Å². The molecule has 0 aromatic heterocycles. The van der Waals surface area contributed by atoms with Crippen LogP contribution in [0.15, 0.2) is 24.3 Å². The van der Waals surface area contributed by atoms with Gasteiger partial charge in [0.1, 0.15) is 0 Å². The van der Waals surface area contributed by atoms with Crippen LogP contribution < -0.4 is 0 Å². The van der Waals surface area contributed by atoms with E-state index in [9.17, 15) is 4.79 Å². The molecule has 2 aliphatic rings. The summed E-state index contributed by atoms with van der Waals surface area (Å²) in [7, 11) is 0. The molecule has 2 atom stereocenters. The van der Waals surface area contributed by atoms with Crippen LogP contribution in [0, 0.1) is 0 Å². The molecular weight excluding hydrogens is 269 g/mol. The maximum atomic E-state index is 12.5. The van der Waals surface area contributed by atoms with Gasteiger partial charge in [-0.05, 0) is 43.9 Å². The Morgan fingerprint density at radius 1 is 1.22 bits per heavy atom. The van der Waals surface area contributed by atoms with Crippen molar-refractivity contribution in [1.29, 1.82) is 0 Å². The zero-order valence-electron chi connectivity index (χ0n) is 9.98. The fourth-order valence-corrected chi connectivity index (χ4v) is 3.81. The van der Waals surface area contributed by atoms with E-state index in [1.54, 1.807) is 12.1 Å². The fourth-order valence-electron chi connectivity index (χ4n) is 3.21. The highest BCUT2D eigenvalue weighted by Crippen LogP contribution is 2.38. The normalized spacial score (nSPS) is 30.6. The summed E-state index contributed by atoms with van der Waals surface area (Å²) in [5.41, 5.74) is 0.687. The molecule has 0 spiro atoms. The average molecular weight is 284 g/mol. The number of amides is 1. The van der Waals surface area contributed by atoms with Gasteiger partial charge in [0, 0.05) is 28.0 Å². The summed E-state index contributed by atoms with van der Waals surface area (Å²) in [4.78, 5) is 14.6. The van der Waals surface area contributed by atoms with Crippen LogP contribution in [-0.2, 0) is 0 Å². The standard InChI is InChI=1S/C14H15Cl2NO/c15-10-3-1-2-9(6-10)14(18)17-12-4-5-13(17)8-11(16)7-12/h1-3,6,11-13H,4-5,7-8H2. The van der Waals surface area contributed by atoms with Gasteiger partial charge < -0.3 is 4.90 Å². The molecular formula is C14H15Cl2NO. The molecule has 2 nitrogen and oxygen atoms in total. The minimum Gasteiger partial charge on any atom is -0.333 e. The van der Waals surface area contributed by atoms with E-state index in [4.69, 9.17) is 23.2 Å². The summed E-state index contributed by atoms with van der Waals surface area (Å²) < 4.78 is 0. The lowest BCUT2D eigenvalue weighted by atomic mass is 10.0. The first kappa shape index (κ1) is 12.3. The molecule has 3 rings (SSSR count). The molecule has 0 radical (unpaired) electrons. The Kier molecular flexibility index (Phi) is 3.25. The molecule has 96 valence electrons. The minimum atomic E-state index is 0.105. The number of hydrogen-bond acceptors (Lipinski definition) is 1. The van der Waals surface area contributed by atoms with Crippen molar-refractivity contribution in [3.63, 3.8) is 0 Å². The third-order valence-electron chi connectivity index (χ3n) is 3.98. The topological polar surface area (TPSA) is 20.3 Å². The Hall–Kier alpha value is -0.730. The zero-order chi connectivity index (χ0) is 12.7. The average Bonchev–Trinajstić information content (AvgIpc) is 2.61. The maximum absolute atomic E-state index is 12.5. The van der Waals surface area contributed by atoms with Crippen molar-refractivity contribution in [2.75, 3.05) is 0 Å². The van der Waals surface area contributed by atoms with Gasteiger partial charge in [0.15, 0.2) is 0 Å². The number of benzene rings is 1. The highest BCUT2D eigenvalue weighted by Gasteiger charge is 2.42. The molecule has 2 heterocycles. The van der Waals surface area contributed by atoms with Crippen molar-refractivity contribution in [3.05, 3.63) is 34.9 Å². The summed E-state index contributed by atoms with van der Waals surface area (Å²) in [6, 6.07) is 7.83. The summed E-state index contributed by atoms with van der Waals surface area (Å²) in [5, 5.41) is 0.839. The molecule has 2 bridgehead atoms. The number of rotatable bonds is 1. The molecule has 2 fully saturated rings. The molecule has 0 aliphatic carbocycles. The van der Waals surface area contributed by atoms with E-state index in [1.807, 2.05) is 17.0 Å². The van der Waals surface area contributed by atoms with Crippen LogP contribution in [0.25, 0.3) is 0 Å². The molecule has 2 unspecified atom stereocenters. The van der Waals surface area contributed by atoms with Gasteiger partial charge in [0.2, 0.25) is 0 Å². The van der Waals surface area contributed by atoms with Crippen LogP contribution in [-0.4, -0.2) is 28.3 Å². The predicted molar refractivity (Wildman–Crippen MR) is 73.3 cm³/mol. The number of carbonyl (C=O) groups is 1. The van der Waals surface area contributed by atoms with Crippen LogP contribution >= 0.6 is 23.2 Å². The second kappa shape index (κ2) is 4.75. The number of fused-ring (bicyclic) bond motifs is 2. The van der Waals surface area contributed by atoms with Crippen LogP contribution in [0.4, 0.5) is 0 Å². The van der Waals surface area contributed by atoms with Gasteiger partial charge in [-0.15, -0.1) is 11.6 Å². The largest absolute Gasteiger partial charge is 0.333 e. The van der Waals surface area contributed by atoms with E-state index < -0.39 is 0 Å². The number of carbonyl (C=O) groups excluding carboxylic acids is 1. The van der Waals surface area contributed by atoms with Crippen molar-refractivity contribution >= 4 is 29.1 Å². The SMILES string of the molecule is O=C(c1cccc(Cl)c1)N1C2CCC1CC(Cl)C2. The van der Waals surface area contributed by atoms with Gasteiger partial charge in [-0.25, -0.2) is 0 Å². The quantitative estimate of drug-likeness (QED) is 0.720. The summed E-state index contributed by atoms with van der Waals surface area (Å²) in [6.45, 7) is 0. The lowest BCUT2D eigenvalue weighted by Crippen LogP contribution is -2.46. The van der Waals surface area contributed by atoms with Crippen molar-refractivity contribution in [3.8, 4) is 0 Å². The first-order valence-electron chi connectivity index (χ1n) is 6.37. The maximum Gasteiger partial charge on any atom is 0.254 e. The van der Waals surface area contributed by atoms with Gasteiger partial charge >= 0.3 is 0 Å². The number of piperidine rings is 1. The third-order valence-corrected chi connectivity index (χ3v) is 4.57. The molecule has 2 aliphatic heterocycles. The number of hydrogen-bond donors (Lipinski definition) is 0. The highest BCUT2D eigenvalue weighted by molar-refractivity contribution is 6.31. The monoisotopic (exact) mass is 283 g/mol. The van der Waals surface area contributed by atoms with E-state index in [0.29, 0.717) is 22.7 Å². The summed E-state index contributed by atoms with van der Waals surface area (Å²) in [6.07, 6.45) is 4.01. The van der Waals surface area contributed by atoms with Crippen molar-refractivity contribution < 1.29 is 4.79 Å². The molecule has 4 heteroatoms. The van der Waals surface area contributed by atoms with Crippen LogP contribution in [0.1, 0.15) is 36.0 Å². The second-order valence-corrected chi connectivity index (χ2v) is 6.23. The van der Waals surface area contributed by atoms with E-state index in [0.717, 1.165) is 25.7 Å². The van der Waals surface area contributed by atoms with Crippen molar-refractivity contribution in [1.82, 2.24) is 4.90 Å². The van der Waals surface area contributed by atoms with Gasteiger partial charge in [-0.3, -0.25) is 4.79 Å². The summed E-state index contributed by atoms with van der Waals surface area (Å²) >= 11 is 12.2. The highest BCUT2D eigenvalue weighted by atomic mass is 35.5. The van der Waals surface area contributed by atoms with Crippen LogP contribution in [0.2, 0.25) is 5.02 Å². The molecule has 1 aromatic carbocycles. The Bertz CT molecular complexity index is 463. The van der Waals surface area contributed by atoms with Crippen LogP contribution in [0.3, 0.4) is 0 Å². The second-order valence-electron chi connectivity index (χ2n) is 5.18. The van der Waals surface area contributed by atoms with Gasteiger partial charge in [-0.1, -0.05) is 17.7 Å². The smallest absolute Gasteiger partial charge is 0.254 e. The van der Waals surface area contributed by atoms with E-state index in [-0.39, 0.29) is 11.3 Å². The van der Waals surface area contributed by atoms with Gasteiger partial charge in [0.05, 0.1) is 0 Å². The molecule has 1 amide bonds. The first-order valence-corrected chi connectivity index (χ1v) is 7.19. The lowest BCUT2D eigenvalue weighted by molar-refractivity contribution is 0.0599. The van der Waals surface area contributed by atoms with Crippen molar-refractivity contribution in [2.45, 2.75) is 43.1 Å². The fraction of sp³-hybridized carbons (Fsp3) is 0.500. The first-order chi connectivity index (χ1) is 8.65. The Morgan fingerprint density at radius 3 is 2.50 bits per heavy atom. The Labute approximate surface area is 117 Å². The Balaban J connectivity index is 1.85. The molecule has 2 saturated heterocycles. The molecule has 1 aromatic rings. The summed E-state index contributed by atoms with van der Waals surface area (Å²) in [5.74, 6) is 0.105. The molecule has 18 heavy (non-hydrogen) atoms. The van der Waals surface area contributed by atoms with Gasteiger partial charge in [-0.2, -0.15) is 0 Å². The Morgan fingerprint density at radius 2 is 1.89 bits per heavy atom. The van der Waals surface area contributed by atoms with Gasteiger partial charge in [0.25, 0.3) is 5.91 Å². The molecule has 0 saturated carbocycles. The number of nitrogens with zero attached hydrogens (tertiary/aromatic N) is 1. The minimum absolute atomic E-state index is 0.105. The van der Waals surface area contributed by atoms with E-state index in [2.05, 4.69) is 0 Å².